The van der Waals surface area contributed by atoms with Crippen LogP contribution < -0.4 is 16.6 Å². The Labute approximate surface area is 155 Å². The Bertz CT molecular complexity index is 864. The number of aromatic nitrogens is 1. The topological polar surface area (TPSA) is 105 Å². The second-order valence-electron chi connectivity index (χ2n) is 6.23. The number of rotatable bonds is 6. The first-order valence-corrected chi connectivity index (χ1v) is 9.56. The lowest BCUT2D eigenvalue weighted by atomic mass is 9.90. The molecule has 1 atom stereocenters. The number of fused-ring (bicyclic) bond motifs is 1. The van der Waals surface area contributed by atoms with Gasteiger partial charge in [-0.3, -0.25) is 14.4 Å². The van der Waals surface area contributed by atoms with Crippen molar-refractivity contribution in [1.29, 1.82) is 0 Å². The molecule has 1 heterocycles. The van der Waals surface area contributed by atoms with E-state index < -0.39 is 11.5 Å². The average Bonchev–Trinajstić information content (AvgIpc) is 2.62. The molecule has 0 bridgehead atoms. The molecule has 1 aromatic heterocycles. The van der Waals surface area contributed by atoms with Crippen molar-refractivity contribution in [3.8, 4) is 0 Å². The van der Waals surface area contributed by atoms with E-state index in [9.17, 15) is 14.4 Å². The van der Waals surface area contributed by atoms with Gasteiger partial charge in [0.1, 0.15) is 5.56 Å². The van der Waals surface area contributed by atoms with E-state index in [1.165, 1.54) is 6.07 Å². The summed E-state index contributed by atoms with van der Waals surface area (Å²) < 4.78 is 0. The lowest BCUT2D eigenvalue weighted by Crippen LogP contribution is -2.34. The zero-order valence-corrected chi connectivity index (χ0v) is 15.1. The molecular weight excluding hydrogens is 350 g/mol. The third-order valence-electron chi connectivity index (χ3n) is 4.39. The highest BCUT2D eigenvalue weighted by atomic mass is 32.2. The fraction of sp³-hybridized carbons (Fsp3) is 0.316. The highest BCUT2D eigenvalue weighted by Gasteiger charge is 2.24. The Morgan fingerprint density at radius 2 is 2.04 bits per heavy atom. The minimum absolute atomic E-state index is 0.0434. The third-order valence-corrected chi connectivity index (χ3v) is 5.41. The number of hydrogen-bond donors (Lipinski definition) is 3. The van der Waals surface area contributed by atoms with Crippen molar-refractivity contribution in [1.82, 2.24) is 10.3 Å². The predicted molar refractivity (Wildman–Crippen MR) is 101 cm³/mol. The van der Waals surface area contributed by atoms with Crippen molar-refractivity contribution in [2.75, 3.05) is 5.75 Å². The standard InChI is InChI=1S/C19H21N3O3S/c20-18(24)14-11-13-15(7-4-8-16(13)22-19(14)25)21-17(23)9-10-26-12-5-2-1-3-6-12/h1-3,5-6,11,15H,4,7-10H2,(H2,20,24)(H,21,23)(H,22,25). The van der Waals surface area contributed by atoms with E-state index in [4.69, 9.17) is 5.73 Å². The summed E-state index contributed by atoms with van der Waals surface area (Å²) >= 11 is 1.64. The first kappa shape index (κ1) is 18.3. The van der Waals surface area contributed by atoms with Crippen LogP contribution in [0.15, 0.2) is 46.1 Å². The van der Waals surface area contributed by atoms with E-state index in [-0.39, 0.29) is 17.5 Å². The zero-order valence-electron chi connectivity index (χ0n) is 14.3. The fourth-order valence-corrected chi connectivity index (χ4v) is 3.99. The van der Waals surface area contributed by atoms with Crippen LogP contribution in [0.4, 0.5) is 0 Å². The fourth-order valence-electron chi connectivity index (χ4n) is 3.12. The van der Waals surface area contributed by atoms with E-state index >= 15 is 0 Å². The van der Waals surface area contributed by atoms with Crippen molar-refractivity contribution in [2.45, 2.75) is 36.6 Å². The number of nitrogens with one attached hydrogen (secondary N) is 2. The molecule has 3 rings (SSSR count). The molecule has 1 aliphatic rings. The Balaban J connectivity index is 1.64. The van der Waals surface area contributed by atoms with Gasteiger partial charge in [0.25, 0.3) is 11.5 Å². The van der Waals surface area contributed by atoms with Gasteiger partial charge in [-0.1, -0.05) is 18.2 Å². The predicted octanol–water partition coefficient (Wildman–Crippen LogP) is 2.15. The van der Waals surface area contributed by atoms with Gasteiger partial charge in [-0.05, 0) is 43.0 Å². The van der Waals surface area contributed by atoms with E-state index in [1.807, 2.05) is 30.3 Å². The SMILES string of the molecule is NC(=O)c1cc2c([nH]c1=O)CCCC2NC(=O)CCSc1ccccc1. The maximum atomic E-state index is 12.3. The van der Waals surface area contributed by atoms with Crippen molar-refractivity contribution in [3.05, 3.63) is 63.6 Å². The van der Waals surface area contributed by atoms with Crippen molar-refractivity contribution in [3.63, 3.8) is 0 Å². The number of carbonyl (C=O) groups excluding carboxylic acids is 2. The van der Waals surface area contributed by atoms with Crippen LogP contribution in [0.5, 0.6) is 0 Å². The summed E-state index contributed by atoms with van der Waals surface area (Å²) in [5.41, 5.74) is 6.29. The number of pyridine rings is 1. The molecule has 6 nitrogen and oxygen atoms in total. The van der Waals surface area contributed by atoms with Gasteiger partial charge >= 0.3 is 0 Å². The quantitative estimate of drug-likeness (QED) is 0.677. The van der Waals surface area contributed by atoms with Crippen LogP contribution in [0.2, 0.25) is 0 Å². The number of carbonyl (C=O) groups is 2. The number of H-pyrrole nitrogens is 1. The molecule has 0 aliphatic heterocycles. The van der Waals surface area contributed by atoms with Crippen LogP contribution in [0.1, 0.15) is 46.9 Å². The van der Waals surface area contributed by atoms with Crippen molar-refractivity contribution >= 4 is 23.6 Å². The molecule has 2 aromatic rings. The van der Waals surface area contributed by atoms with Gasteiger partial charge in [0.15, 0.2) is 0 Å². The summed E-state index contributed by atoms with van der Waals surface area (Å²) in [4.78, 5) is 39.5. The number of benzene rings is 1. The number of aromatic amines is 1. The molecule has 0 fully saturated rings. The van der Waals surface area contributed by atoms with Crippen LogP contribution in [-0.4, -0.2) is 22.6 Å². The van der Waals surface area contributed by atoms with Gasteiger partial charge in [0.05, 0.1) is 6.04 Å². The molecule has 4 N–H and O–H groups in total. The molecule has 1 aliphatic carbocycles. The number of thioether (sulfide) groups is 1. The molecule has 7 heteroatoms. The van der Waals surface area contributed by atoms with Gasteiger partial charge in [-0.25, -0.2) is 0 Å². The summed E-state index contributed by atoms with van der Waals surface area (Å²) in [5, 5.41) is 3.02. The lowest BCUT2D eigenvalue weighted by molar-refractivity contribution is -0.121. The molecule has 0 spiro atoms. The first-order chi connectivity index (χ1) is 12.5. The summed E-state index contributed by atoms with van der Waals surface area (Å²) in [6.45, 7) is 0. The van der Waals surface area contributed by atoms with Crippen LogP contribution >= 0.6 is 11.8 Å². The van der Waals surface area contributed by atoms with Crippen LogP contribution in [0, 0.1) is 0 Å². The van der Waals surface area contributed by atoms with Crippen LogP contribution in [0.25, 0.3) is 0 Å². The van der Waals surface area contributed by atoms with E-state index in [2.05, 4.69) is 10.3 Å². The number of amides is 2. The minimum Gasteiger partial charge on any atom is -0.365 e. The summed E-state index contributed by atoms with van der Waals surface area (Å²) in [7, 11) is 0. The molecule has 1 unspecified atom stereocenters. The van der Waals surface area contributed by atoms with Crippen LogP contribution in [-0.2, 0) is 11.2 Å². The number of primary amides is 1. The third kappa shape index (κ3) is 4.35. The maximum Gasteiger partial charge on any atom is 0.261 e. The van der Waals surface area contributed by atoms with Gasteiger partial charge < -0.3 is 16.0 Å². The smallest absolute Gasteiger partial charge is 0.261 e. The van der Waals surface area contributed by atoms with Crippen molar-refractivity contribution in [2.24, 2.45) is 5.73 Å². The first-order valence-electron chi connectivity index (χ1n) is 8.57. The second-order valence-corrected chi connectivity index (χ2v) is 7.40. The lowest BCUT2D eigenvalue weighted by Gasteiger charge is -2.26. The second kappa shape index (κ2) is 8.23. The molecule has 136 valence electrons. The highest BCUT2D eigenvalue weighted by Crippen LogP contribution is 2.28. The van der Waals surface area contributed by atoms with Gasteiger partial charge in [-0.15, -0.1) is 11.8 Å². The zero-order chi connectivity index (χ0) is 18.5. The van der Waals surface area contributed by atoms with E-state index in [0.29, 0.717) is 12.2 Å². The minimum atomic E-state index is -0.760. The number of aryl methyl sites for hydroxylation is 1. The molecular formula is C19H21N3O3S. The van der Waals surface area contributed by atoms with E-state index in [0.717, 1.165) is 35.4 Å². The normalized spacial score (nSPS) is 15.9. The molecule has 0 saturated carbocycles. The number of hydrogen-bond acceptors (Lipinski definition) is 4. The van der Waals surface area contributed by atoms with Crippen molar-refractivity contribution < 1.29 is 9.59 Å². The summed E-state index contributed by atoms with van der Waals surface area (Å²) in [6.07, 6.45) is 2.76. The Hall–Kier alpha value is -2.54. The number of nitrogens with two attached hydrogens (primary N) is 1. The Morgan fingerprint density at radius 1 is 1.27 bits per heavy atom. The Kier molecular flexibility index (Phi) is 5.78. The maximum absolute atomic E-state index is 12.3. The molecule has 26 heavy (non-hydrogen) atoms. The Morgan fingerprint density at radius 3 is 2.77 bits per heavy atom. The van der Waals surface area contributed by atoms with Crippen LogP contribution in [0.3, 0.4) is 0 Å². The van der Waals surface area contributed by atoms with Gasteiger partial charge in [0, 0.05) is 22.8 Å². The molecule has 1 aromatic carbocycles. The van der Waals surface area contributed by atoms with Gasteiger partial charge in [0.2, 0.25) is 5.91 Å². The molecule has 0 radical (unpaired) electrons. The summed E-state index contributed by atoms with van der Waals surface area (Å²) in [6, 6.07) is 11.3. The average molecular weight is 371 g/mol. The monoisotopic (exact) mass is 371 g/mol. The summed E-state index contributed by atoms with van der Waals surface area (Å²) in [5.74, 6) is -0.116. The molecule has 2 amide bonds. The largest absolute Gasteiger partial charge is 0.365 e. The van der Waals surface area contributed by atoms with E-state index in [1.54, 1.807) is 11.8 Å². The van der Waals surface area contributed by atoms with Gasteiger partial charge in [-0.2, -0.15) is 0 Å². The highest BCUT2D eigenvalue weighted by molar-refractivity contribution is 7.99. The molecule has 0 saturated heterocycles.